The second kappa shape index (κ2) is 6.64. The number of methoxy groups -OCH3 is 2. The molecule has 1 amide bonds. The van der Waals surface area contributed by atoms with Gasteiger partial charge < -0.3 is 14.4 Å². The average Bonchev–Trinajstić information content (AvgIpc) is 2.39. The summed E-state index contributed by atoms with van der Waals surface area (Å²) in [6.45, 7) is 5.26. The molecule has 0 aliphatic rings. The van der Waals surface area contributed by atoms with Crippen LogP contribution in [0, 0.1) is 0 Å². The summed E-state index contributed by atoms with van der Waals surface area (Å²) in [5.74, 6) is 1.11. The van der Waals surface area contributed by atoms with E-state index in [1.165, 1.54) is 0 Å². The zero-order valence-corrected chi connectivity index (χ0v) is 12.7. The number of hydrogen-bond donors (Lipinski definition) is 0. The number of nitrogens with zero attached hydrogens (tertiary/aromatic N) is 1. The molecule has 0 radical (unpaired) electrons. The minimum Gasteiger partial charge on any atom is -0.493 e. The van der Waals surface area contributed by atoms with E-state index in [9.17, 15) is 4.79 Å². The van der Waals surface area contributed by atoms with Gasteiger partial charge in [-0.3, -0.25) is 4.79 Å². The van der Waals surface area contributed by atoms with E-state index in [0.29, 0.717) is 34.6 Å². The molecular weight excluding hydrogens is 298 g/mol. The Labute approximate surface area is 116 Å². The van der Waals surface area contributed by atoms with Crippen molar-refractivity contribution in [3.05, 3.63) is 22.2 Å². The SMILES string of the molecule is CCN(CC)C(=O)c1ccc(OC)c(OC)c1Br. The molecule has 0 unspecified atom stereocenters. The van der Waals surface area contributed by atoms with Gasteiger partial charge in [0.1, 0.15) is 0 Å². The van der Waals surface area contributed by atoms with E-state index in [4.69, 9.17) is 9.47 Å². The van der Waals surface area contributed by atoms with Gasteiger partial charge in [-0.1, -0.05) is 0 Å². The van der Waals surface area contributed by atoms with Gasteiger partial charge in [0, 0.05) is 13.1 Å². The van der Waals surface area contributed by atoms with Crippen molar-refractivity contribution in [1.29, 1.82) is 0 Å². The molecule has 0 fully saturated rings. The summed E-state index contributed by atoms with van der Waals surface area (Å²) >= 11 is 3.41. The summed E-state index contributed by atoms with van der Waals surface area (Å²) in [6, 6.07) is 3.48. The lowest BCUT2D eigenvalue weighted by atomic mass is 10.1. The van der Waals surface area contributed by atoms with Crippen LogP contribution in [0.4, 0.5) is 0 Å². The second-order valence-corrected chi connectivity index (χ2v) is 4.43. The van der Waals surface area contributed by atoms with Gasteiger partial charge in [0.2, 0.25) is 0 Å². The second-order valence-electron chi connectivity index (χ2n) is 3.64. The van der Waals surface area contributed by atoms with Gasteiger partial charge in [-0.25, -0.2) is 0 Å². The first kappa shape index (κ1) is 14.8. The molecule has 0 bridgehead atoms. The zero-order valence-electron chi connectivity index (χ0n) is 11.1. The Morgan fingerprint density at radius 1 is 1.22 bits per heavy atom. The number of rotatable bonds is 5. The van der Waals surface area contributed by atoms with Gasteiger partial charge in [0.25, 0.3) is 5.91 Å². The molecule has 0 heterocycles. The van der Waals surface area contributed by atoms with Crippen LogP contribution in [0.25, 0.3) is 0 Å². The highest BCUT2D eigenvalue weighted by Gasteiger charge is 2.20. The first-order valence-electron chi connectivity index (χ1n) is 5.80. The van der Waals surface area contributed by atoms with Crippen molar-refractivity contribution in [2.75, 3.05) is 27.3 Å². The maximum atomic E-state index is 12.3. The highest BCUT2D eigenvalue weighted by atomic mass is 79.9. The fraction of sp³-hybridized carbons (Fsp3) is 0.462. The molecule has 1 aromatic rings. The lowest BCUT2D eigenvalue weighted by Crippen LogP contribution is -2.30. The van der Waals surface area contributed by atoms with Crippen LogP contribution in [-0.2, 0) is 0 Å². The highest BCUT2D eigenvalue weighted by Crippen LogP contribution is 2.37. The Morgan fingerprint density at radius 3 is 2.28 bits per heavy atom. The molecule has 0 saturated heterocycles. The fourth-order valence-electron chi connectivity index (χ4n) is 1.74. The van der Waals surface area contributed by atoms with Gasteiger partial charge in [0.15, 0.2) is 11.5 Å². The van der Waals surface area contributed by atoms with Crippen LogP contribution in [0.5, 0.6) is 11.5 Å². The molecular formula is C13H18BrNO3. The zero-order chi connectivity index (χ0) is 13.7. The van der Waals surface area contributed by atoms with Crippen molar-refractivity contribution < 1.29 is 14.3 Å². The van der Waals surface area contributed by atoms with Gasteiger partial charge >= 0.3 is 0 Å². The summed E-state index contributed by atoms with van der Waals surface area (Å²) in [4.78, 5) is 14.1. The van der Waals surface area contributed by atoms with Crippen LogP contribution in [0.1, 0.15) is 24.2 Å². The first-order chi connectivity index (χ1) is 8.60. The summed E-state index contributed by atoms with van der Waals surface area (Å²) in [5, 5.41) is 0. The van der Waals surface area contributed by atoms with Crippen LogP contribution >= 0.6 is 15.9 Å². The minimum atomic E-state index is -0.0205. The molecule has 4 nitrogen and oxygen atoms in total. The van der Waals surface area contributed by atoms with E-state index in [1.54, 1.807) is 31.3 Å². The molecule has 0 aliphatic heterocycles. The monoisotopic (exact) mass is 315 g/mol. The quantitative estimate of drug-likeness (QED) is 0.838. The van der Waals surface area contributed by atoms with Crippen LogP contribution in [0.2, 0.25) is 0 Å². The topological polar surface area (TPSA) is 38.8 Å². The highest BCUT2D eigenvalue weighted by molar-refractivity contribution is 9.10. The Morgan fingerprint density at radius 2 is 1.83 bits per heavy atom. The predicted molar refractivity (Wildman–Crippen MR) is 74.5 cm³/mol. The smallest absolute Gasteiger partial charge is 0.255 e. The standard InChI is InChI=1S/C13H18BrNO3/c1-5-15(6-2)13(16)9-7-8-10(17-3)12(18-4)11(9)14/h7-8H,5-6H2,1-4H3. The summed E-state index contributed by atoms with van der Waals surface area (Å²) < 4.78 is 11.1. The Bertz CT molecular complexity index is 430. The third-order valence-corrected chi connectivity index (χ3v) is 3.55. The number of carbonyl (C=O) groups is 1. The van der Waals surface area contributed by atoms with Crippen LogP contribution in [0.15, 0.2) is 16.6 Å². The van der Waals surface area contributed by atoms with Crippen molar-refractivity contribution >= 4 is 21.8 Å². The summed E-state index contributed by atoms with van der Waals surface area (Å²) in [7, 11) is 3.12. The lowest BCUT2D eigenvalue weighted by Gasteiger charge is -2.20. The number of halogens is 1. The van der Waals surface area contributed by atoms with Gasteiger partial charge in [0.05, 0.1) is 24.3 Å². The Balaban J connectivity index is 3.22. The van der Waals surface area contributed by atoms with Crippen molar-refractivity contribution in [3.63, 3.8) is 0 Å². The Hall–Kier alpha value is -1.23. The predicted octanol–water partition coefficient (Wildman–Crippen LogP) is 2.95. The number of hydrogen-bond acceptors (Lipinski definition) is 3. The molecule has 0 aromatic heterocycles. The first-order valence-corrected chi connectivity index (χ1v) is 6.59. The molecule has 1 aromatic carbocycles. The van der Waals surface area contributed by atoms with Crippen molar-refractivity contribution in [2.24, 2.45) is 0 Å². The van der Waals surface area contributed by atoms with Crippen LogP contribution in [-0.4, -0.2) is 38.1 Å². The van der Waals surface area contributed by atoms with E-state index < -0.39 is 0 Å². The molecule has 0 saturated carbocycles. The van der Waals surface area contributed by atoms with Gasteiger partial charge in [-0.05, 0) is 41.9 Å². The molecule has 0 N–H and O–H groups in total. The molecule has 100 valence electrons. The van der Waals surface area contributed by atoms with E-state index in [1.807, 2.05) is 13.8 Å². The fourth-order valence-corrected chi connectivity index (χ4v) is 2.39. The summed E-state index contributed by atoms with van der Waals surface area (Å²) in [5.41, 5.74) is 0.580. The molecule has 5 heteroatoms. The molecule has 0 atom stereocenters. The number of carbonyl (C=O) groups excluding carboxylic acids is 1. The summed E-state index contributed by atoms with van der Waals surface area (Å²) in [6.07, 6.45) is 0. The molecule has 0 spiro atoms. The Kier molecular flexibility index (Phi) is 5.47. The number of amides is 1. The third-order valence-electron chi connectivity index (χ3n) is 2.77. The normalized spacial score (nSPS) is 10.1. The average molecular weight is 316 g/mol. The molecule has 0 aliphatic carbocycles. The van der Waals surface area contributed by atoms with E-state index in [-0.39, 0.29) is 5.91 Å². The van der Waals surface area contributed by atoms with E-state index in [0.717, 1.165) is 0 Å². The number of ether oxygens (including phenoxy) is 2. The van der Waals surface area contributed by atoms with Crippen molar-refractivity contribution in [1.82, 2.24) is 4.90 Å². The van der Waals surface area contributed by atoms with Crippen LogP contribution in [0.3, 0.4) is 0 Å². The van der Waals surface area contributed by atoms with Gasteiger partial charge in [-0.15, -0.1) is 0 Å². The van der Waals surface area contributed by atoms with E-state index in [2.05, 4.69) is 15.9 Å². The number of benzene rings is 1. The minimum absolute atomic E-state index is 0.0205. The maximum absolute atomic E-state index is 12.3. The van der Waals surface area contributed by atoms with E-state index >= 15 is 0 Å². The third kappa shape index (κ3) is 2.77. The lowest BCUT2D eigenvalue weighted by molar-refractivity contribution is 0.0771. The van der Waals surface area contributed by atoms with Gasteiger partial charge in [-0.2, -0.15) is 0 Å². The molecule has 1 rings (SSSR count). The van der Waals surface area contributed by atoms with Crippen molar-refractivity contribution in [2.45, 2.75) is 13.8 Å². The maximum Gasteiger partial charge on any atom is 0.255 e. The van der Waals surface area contributed by atoms with Crippen molar-refractivity contribution in [3.8, 4) is 11.5 Å². The molecule has 18 heavy (non-hydrogen) atoms. The largest absolute Gasteiger partial charge is 0.493 e. The van der Waals surface area contributed by atoms with Crippen LogP contribution < -0.4 is 9.47 Å².